The van der Waals surface area contributed by atoms with E-state index in [0.29, 0.717) is 0 Å². The summed E-state index contributed by atoms with van der Waals surface area (Å²) in [5, 5.41) is 24.1. The molecular weight excluding hydrogens is 514 g/mol. The third kappa shape index (κ3) is 26.9. The van der Waals surface area contributed by atoms with Crippen molar-refractivity contribution in [1.82, 2.24) is 56.8 Å². The predicted octanol–water partition coefficient (Wildman–Crippen LogP) is -1.34. The van der Waals surface area contributed by atoms with Gasteiger partial charge in [-0.25, -0.2) is 0 Å². The largest absolute Gasteiger partial charge is 0.318 e. The molecule has 0 atom stereocenters. The molecule has 0 rings (SSSR count). The SMILES string of the molecule is CCCNCCN(CCN(CCNC)CCNC)CCN(CCNCCNC)CCNCCN(CCC)CCNC. The molecule has 11 heteroatoms. The van der Waals surface area contributed by atoms with Gasteiger partial charge in [0.1, 0.15) is 0 Å². The van der Waals surface area contributed by atoms with E-state index in [-0.39, 0.29) is 0 Å². The average molecular weight is 588 g/mol. The van der Waals surface area contributed by atoms with Crippen molar-refractivity contribution in [1.29, 1.82) is 0 Å². The number of hydrogen-bond acceptors (Lipinski definition) is 11. The first-order valence-electron chi connectivity index (χ1n) is 16.7. The lowest BCUT2D eigenvalue weighted by atomic mass is 10.3. The van der Waals surface area contributed by atoms with Gasteiger partial charge in [-0.05, 0) is 54.1 Å². The van der Waals surface area contributed by atoms with Gasteiger partial charge in [0.2, 0.25) is 0 Å². The maximum absolute atomic E-state index is 3.73. The quantitative estimate of drug-likeness (QED) is 0.0456. The van der Waals surface area contributed by atoms with Crippen molar-refractivity contribution in [3.05, 3.63) is 0 Å². The van der Waals surface area contributed by atoms with Gasteiger partial charge in [-0.15, -0.1) is 0 Å². The molecule has 0 heterocycles. The summed E-state index contributed by atoms with van der Waals surface area (Å²) in [6.07, 6.45) is 2.40. The van der Waals surface area contributed by atoms with Crippen molar-refractivity contribution in [3.63, 3.8) is 0 Å². The van der Waals surface area contributed by atoms with Crippen LogP contribution in [-0.4, -0.2) is 192 Å². The molecule has 0 aromatic rings. The number of hydrogen-bond donors (Lipinski definition) is 7. The Morgan fingerprint density at radius 1 is 0.293 bits per heavy atom. The summed E-state index contributed by atoms with van der Waals surface area (Å²) in [6.45, 7) is 28.4. The fourth-order valence-electron chi connectivity index (χ4n) is 4.75. The van der Waals surface area contributed by atoms with Crippen LogP contribution in [0.15, 0.2) is 0 Å². The van der Waals surface area contributed by atoms with Gasteiger partial charge >= 0.3 is 0 Å². The van der Waals surface area contributed by atoms with Crippen LogP contribution in [0.2, 0.25) is 0 Å². The molecular formula is C30H73N11. The fourth-order valence-corrected chi connectivity index (χ4v) is 4.75. The summed E-state index contributed by atoms with van der Waals surface area (Å²) in [4.78, 5) is 10.5. The first-order valence-corrected chi connectivity index (χ1v) is 16.7. The van der Waals surface area contributed by atoms with Crippen molar-refractivity contribution in [2.45, 2.75) is 26.7 Å². The lowest BCUT2D eigenvalue weighted by Crippen LogP contribution is -2.46. The Balaban J connectivity index is 4.90. The van der Waals surface area contributed by atoms with Gasteiger partial charge in [0.15, 0.2) is 0 Å². The summed E-state index contributed by atoms with van der Waals surface area (Å²) < 4.78 is 0. The van der Waals surface area contributed by atoms with Crippen LogP contribution in [0.3, 0.4) is 0 Å². The topological polar surface area (TPSA) is 97.2 Å². The maximum Gasteiger partial charge on any atom is 0.0110 e. The predicted molar refractivity (Wildman–Crippen MR) is 181 cm³/mol. The van der Waals surface area contributed by atoms with Crippen LogP contribution in [0, 0.1) is 0 Å². The van der Waals surface area contributed by atoms with E-state index in [0.717, 1.165) is 137 Å². The summed E-state index contributed by atoms with van der Waals surface area (Å²) in [6, 6.07) is 0. The minimum atomic E-state index is 1.01. The van der Waals surface area contributed by atoms with Crippen LogP contribution in [0.1, 0.15) is 26.7 Å². The zero-order chi connectivity index (χ0) is 30.2. The Morgan fingerprint density at radius 3 is 0.976 bits per heavy atom. The summed E-state index contributed by atoms with van der Waals surface area (Å²) in [7, 11) is 8.15. The van der Waals surface area contributed by atoms with Gasteiger partial charge in [0, 0.05) is 131 Å². The van der Waals surface area contributed by atoms with Gasteiger partial charge < -0.3 is 42.1 Å². The molecule has 0 aromatic carbocycles. The van der Waals surface area contributed by atoms with Crippen molar-refractivity contribution < 1.29 is 0 Å². The van der Waals surface area contributed by atoms with Gasteiger partial charge in [-0.2, -0.15) is 0 Å². The fraction of sp³-hybridized carbons (Fsp3) is 1.00. The molecule has 0 radical (unpaired) electrons. The van der Waals surface area contributed by atoms with E-state index in [1.54, 1.807) is 0 Å². The van der Waals surface area contributed by atoms with E-state index < -0.39 is 0 Å². The molecule has 0 aliphatic rings. The molecule has 7 N–H and O–H groups in total. The van der Waals surface area contributed by atoms with Crippen LogP contribution in [0.5, 0.6) is 0 Å². The molecule has 248 valence electrons. The minimum Gasteiger partial charge on any atom is -0.318 e. The highest BCUT2D eigenvalue weighted by molar-refractivity contribution is 4.71. The second-order valence-corrected chi connectivity index (χ2v) is 11.0. The second kappa shape index (κ2) is 32.5. The van der Waals surface area contributed by atoms with E-state index >= 15 is 0 Å². The monoisotopic (exact) mass is 588 g/mol. The molecule has 41 heavy (non-hydrogen) atoms. The smallest absolute Gasteiger partial charge is 0.0110 e. The highest BCUT2D eigenvalue weighted by Gasteiger charge is 2.12. The van der Waals surface area contributed by atoms with Crippen molar-refractivity contribution in [2.24, 2.45) is 0 Å². The number of nitrogens with zero attached hydrogens (tertiary/aromatic N) is 4. The molecule has 0 aliphatic heterocycles. The van der Waals surface area contributed by atoms with Crippen molar-refractivity contribution in [2.75, 3.05) is 172 Å². The van der Waals surface area contributed by atoms with Crippen LogP contribution >= 0.6 is 0 Å². The molecule has 0 aliphatic carbocycles. The van der Waals surface area contributed by atoms with Crippen LogP contribution in [0.25, 0.3) is 0 Å². The molecule has 0 saturated heterocycles. The highest BCUT2D eigenvalue weighted by Crippen LogP contribution is 1.96. The van der Waals surface area contributed by atoms with Gasteiger partial charge in [0.25, 0.3) is 0 Å². The zero-order valence-electron chi connectivity index (χ0n) is 28.3. The Morgan fingerprint density at radius 2 is 0.610 bits per heavy atom. The molecule has 0 spiro atoms. The lowest BCUT2D eigenvalue weighted by Gasteiger charge is -2.30. The Bertz CT molecular complexity index is 493. The molecule has 0 amide bonds. The van der Waals surface area contributed by atoms with Crippen molar-refractivity contribution in [3.8, 4) is 0 Å². The minimum absolute atomic E-state index is 1.01. The number of rotatable bonds is 34. The van der Waals surface area contributed by atoms with Crippen LogP contribution in [0.4, 0.5) is 0 Å². The molecule has 11 nitrogen and oxygen atoms in total. The van der Waals surface area contributed by atoms with E-state index in [9.17, 15) is 0 Å². The maximum atomic E-state index is 3.73. The second-order valence-electron chi connectivity index (χ2n) is 11.0. The summed E-state index contributed by atoms with van der Waals surface area (Å²) in [5.41, 5.74) is 0. The highest BCUT2D eigenvalue weighted by atomic mass is 15.2. The van der Waals surface area contributed by atoms with E-state index in [4.69, 9.17) is 0 Å². The number of likely N-dealkylation sites (N-methyl/N-ethyl adjacent to an activating group) is 4. The Hall–Kier alpha value is -0.440. The lowest BCUT2D eigenvalue weighted by molar-refractivity contribution is 0.176. The van der Waals surface area contributed by atoms with Crippen LogP contribution in [-0.2, 0) is 0 Å². The van der Waals surface area contributed by atoms with Gasteiger partial charge in [-0.3, -0.25) is 14.7 Å². The van der Waals surface area contributed by atoms with E-state index in [1.807, 2.05) is 28.2 Å². The van der Waals surface area contributed by atoms with E-state index in [1.165, 1.54) is 19.4 Å². The number of nitrogens with one attached hydrogen (secondary N) is 7. The van der Waals surface area contributed by atoms with Gasteiger partial charge in [-0.1, -0.05) is 13.8 Å². The van der Waals surface area contributed by atoms with E-state index in [2.05, 4.69) is 70.7 Å². The molecule has 0 aromatic heterocycles. The molecule has 0 bridgehead atoms. The van der Waals surface area contributed by atoms with Gasteiger partial charge in [0.05, 0.1) is 0 Å². The Labute approximate surface area is 255 Å². The normalized spacial score (nSPS) is 12.1. The summed E-state index contributed by atoms with van der Waals surface area (Å²) >= 11 is 0. The standard InChI is InChI=1S/C30H73N11/c1-7-9-35-15-26-41(29-27-39(21-13-33-5)22-14-34-6)30-28-40(24-16-36-11-10-31-3)25-18-37-17-23-38(19-8-2)20-12-32-4/h31-37H,7-30H2,1-6H3. The van der Waals surface area contributed by atoms with Crippen molar-refractivity contribution >= 4 is 0 Å². The summed E-state index contributed by atoms with van der Waals surface area (Å²) in [5.74, 6) is 0. The first-order chi connectivity index (χ1) is 20.1. The molecule has 0 saturated carbocycles. The third-order valence-corrected chi connectivity index (χ3v) is 7.44. The third-order valence-electron chi connectivity index (χ3n) is 7.44. The Kier molecular flexibility index (Phi) is 32.1. The molecule has 0 fully saturated rings. The average Bonchev–Trinajstić information content (AvgIpc) is 2.98. The zero-order valence-corrected chi connectivity index (χ0v) is 28.3. The first kappa shape index (κ1) is 40.6. The molecule has 0 unspecified atom stereocenters. The van der Waals surface area contributed by atoms with Crippen LogP contribution < -0.4 is 37.2 Å².